The Hall–Kier alpha value is -4.71. The zero-order valence-corrected chi connectivity index (χ0v) is 25.3. The van der Waals surface area contributed by atoms with Gasteiger partial charge in [-0.2, -0.15) is 0 Å². The summed E-state index contributed by atoms with van der Waals surface area (Å²) in [6.07, 6.45) is -1.96. The van der Waals surface area contributed by atoms with Crippen molar-refractivity contribution in [3.8, 4) is 28.5 Å². The number of rotatable bonds is 8. The summed E-state index contributed by atoms with van der Waals surface area (Å²) in [5, 5.41) is 6.32. The molecule has 8 nitrogen and oxygen atoms in total. The zero-order valence-electron chi connectivity index (χ0n) is 24.4. The molecule has 1 unspecified atom stereocenters. The molecule has 3 aromatic carbocycles. The van der Waals surface area contributed by atoms with Crippen LogP contribution in [0.5, 0.6) is 5.75 Å². The van der Waals surface area contributed by atoms with Crippen molar-refractivity contribution in [2.75, 3.05) is 0 Å². The molecular weight excluding hydrogens is 591 g/mol. The average molecular weight is 622 g/mol. The lowest BCUT2D eigenvalue weighted by Gasteiger charge is -2.15. The lowest BCUT2D eigenvalue weighted by molar-refractivity contribution is -0.274. The van der Waals surface area contributed by atoms with E-state index in [2.05, 4.69) is 51.9 Å². The number of benzene rings is 3. The lowest BCUT2D eigenvalue weighted by atomic mass is 9.99. The fraction of sp³-hybridized carbons (Fsp3) is 0.250. The average Bonchev–Trinajstić information content (AvgIpc) is 3.63. The van der Waals surface area contributed by atoms with Gasteiger partial charge in [0.05, 0.1) is 11.4 Å². The van der Waals surface area contributed by atoms with Gasteiger partial charge in [0.15, 0.2) is 5.82 Å². The Morgan fingerprint density at radius 3 is 2.43 bits per heavy atom. The highest BCUT2D eigenvalue weighted by atomic mass is 32.1. The van der Waals surface area contributed by atoms with E-state index < -0.39 is 18.6 Å². The summed E-state index contributed by atoms with van der Waals surface area (Å²) in [5.74, 6) is 0.436. The van der Waals surface area contributed by atoms with Crippen molar-refractivity contribution in [1.29, 1.82) is 0 Å². The largest absolute Gasteiger partial charge is 0.573 e. The number of hydrogen-bond donors (Lipinski definition) is 0. The molecule has 0 N–H and O–H groups in total. The minimum atomic E-state index is -4.75. The van der Waals surface area contributed by atoms with Gasteiger partial charge in [-0.05, 0) is 66.8 Å². The third-order valence-electron chi connectivity index (χ3n) is 6.71. The summed E-state index contributed by atoms with van der Waals surface area (Å²) >= 11 is 1.37. The molecule has 44 heavy (non-hydrogen) atoms. The number of carbonyl (C=O) groups excluding carboxylic acids is 1. The van der Waals surface area contributed by atoms with Crippen LogP contribution >= 0.6 is 11.3 Å². The number of carbonyl (C=O) groups is 1. The Kier molecular flexibility index (Phi) is 9.00. The summed E-state index contributed by atoms with van der Waals surface area (Å²) in [6.45, 7) is 8.11. The van der Waals surface area contributed by atoms with E-state index in [1.807, 2.05) is 54.3 Å². The van der Waals surface area contributed by atoms with Gasteiger partial charge in [0.2, 0.25) is 4.80 Å². The molecule has 0 spiro atoms. The number of aryl methyl sites for hydroxylation is 1. The normalized spacial score (nSPS) is 12.9. The fourth-order valence-corrected chi connectivity index (χ4v) is 5.35. The number of aromatic nitrogens is 4. The second kappa shape index (κ2) is 12.9. The summed E-state index contributed by atoms with van der Waals surface area (Å²) in [6, 6.07) is 19.1. The molecule has 0 aliphatic rings. The first-order chi connectivity index (χ1) is 20.9. The van der Waals surface area contributed by atoms with Crippen molar-refractivity contribution in [3.63, 3.8) is 0 Å². The maximum atomic E-state index is 12.7. The quantitative estimate of drug-likeness (QED) is 0.177. The van der Waals surface area contributed by atoms with Crippen LogP contribution in [0.4, 0.5) is 18.0 Å². The van der Waals surface area contributed by atoms with Gasteiger partial charge in [-0.3, -0.25) is 4.57 Å². The zero-order chi connectivity index (χ0) is 31.4. The van der Waals surface area contributed by atoms with Gasteiger partial charge in [-0.15, -0.1) is 34.6 Å². The Morgan fingerprint density at radius 2 is 1.75 bits per heavy atom. The molecular formula is C32H30F3N5O3S. The molecule has 0 saturated heterocycles. The number of halogens is 3. The maximum absolute atomic E-state index is 12.7. The first-order valence-electron chi connectivity index (χ1n) is 13.8. The number of amides is 1. The van der Waals surface area contributed by atoms with Gasteiger partial charge in [-0.25, -0.2) is 14.5 Å². The van der Waals surface area contributed by atoms with E-state index in [1.54, 1.807) is 0 Å². The van der Waals surface area contributed by atoms with Crippen LogP contribution in [0.1, 0.15) is 43.4 Å². The predicted octanol–water partition coefficient (Wildman–Crippen LogP) is 7.79. The maximum Gasteiger partial charge on any atom is 0.573 e. The minimum absolute atomic E-state index is 0.304. The van der Waals surface area contributed by atoms with Crippen LogP contribution in [0.3, 0.4) is 0 Å². The van der Waals surface area contributed by atoms with E-state index in [0.29, 0.717) is 28.7 Å². The molecule has 1 atom stereocenters. The molecule has 12 heteroatoms. The van der Waals surface area contributed by atoms with Crippen molar-refractivity contribution in [2.24, 2.45) is 4.99 Å². The van der Waals surface area contributed by atoms with Crippen LogP contribution in [0.15, 0.2) is 89.6 Å². The molecule has 0 aliphatic heterocycles. The summed E-state index contributed by atoms with van der Waals surface area (Å²) in [5.41, 5.74) is 5.51. The Bertz CT molecular complexity index is 1810. The minimum Gasteiger partial charge on any atom is -0.444 e. The molecule has 2 aromatic heterocycles. The van der Waals surface area contributed by atoms with Crippen LogP contribution in [-0.4, -0.2) is 37.9 Å². The van der Waals surface area contributed by atoms with E-state index in [-0.39, 0.29) is 5.75 Å². The number of alkyl halides is 3. The second-order valence-corrected chi connectivity index (χ2v) is 11.4. The molecule has 0 aliphatic carbocycles. The van der Waals surface area contributed by atoms with Gasteiger partial charge in [-0.1, -0.05) is 50.2 Å². The third-order valence-corrected chi connectivity index (χ3v) is 7.46. The highest BCUT2D eigenvalue weighted by Gasteiger charge is 2.31. The standard InChI is InChI=1S/C32H30F3N5O3S/c1-20(2)27-14-5-21(3)17-28(27)39-15-16-44-30(39)37-31(41)42-22(4)18-23-6-8-24(9-7-23)29-36-19-40(38-29)25-10-12-26(13-11-25)43-32(33,34)35/h5-17,19-20,22H,18H2,1-4H3. The predicted molar refractivity (Wildman–Crippen MR) is 161 cm³/mol. The number of hydrogen-bond acceptors (Lipinski definition) is 6. The van der Waals surface area contributed by atoms with Gasteiger partial charge >= 0.3 is 12.5 Å². The summed E-state index contributed by atoms with van der Waals surface area (Å²) < 4.78 is 50.1. The van der Waals surface area contributed by atoms with E-state index in [9.17, 15) is 18.0 Å². The highest BCUT2D eigenvalue weighted by Crippen LogP contribution is 2.25. The van der Waals surface area contributed by atoms with Crippen molar-refractivity contribution >= 4 is 17.4 Å². The SMILES string of the molecule is Cc1ccc(C(C)C)c(-n2ccsc2=NC(=O)OC(C)Cc2ccc(-c3ncn(-c4ccc(OC(F)(F)F)cc4)n3)cc2)c1. The smallest absolute Gasteiger partial charge is 0.444 e. The lowest BCUT2D eigenvalue weighted by Crippen LogP contribution is -2.20. The number of thiazole rings is 1. The van der Waals surface area contributed by atoms with E-state index >= 15 is 0 Å². The summed E-state index contributed by atoms with van der Waals surface area (Å²) in [4.78, 5) is 21.9. The van der Waals surface area contributed by atoms with Crippen molar-refractivity contribution in [2.45, 2.75) is 52.5 Å². The molecule has 1 amide bonds. The fourth-order valence-electron chi connectivity index (χ4n) is 4.65. The molecule has 228 valence electrons. The van der Waals surface area contributed by atoms with Gasteiger partial charge in [0, 0.05) is 23.6 Å². The van der Waals surface area contributed by atoms with Crippen LogP contribution < -0.4 is 9.54 Å². The van der Waals surface area contributed by atoms with Crippen LogP contribution in [0.25, 0.3) is 22.8 Å². The highest BCUT2D eigenvalue weighted by molar-refractivity contribution is 7.07. The molecule has 0 radical (unpaired) electrons. The van der Waals surface area contributed by atoms with Crippen LogP contribution in [0.2, 0.25) is 0 Å². The first-order valence-corrected chi connectivity index (χ1v) is 14.7. The van der Waals surface area contributed by atoms with E-state index in [4.69, 9.17) is 4.74 Å². The third kappa shape index (κ3) is 7.62. The van der Waals surface area contributed by atoms with Gasteiger partial charge in [0.1, 0.15) is 18.2 Å². The molecule has 2 heterocycles. The number of nitrogens with zero attached hydrogens (tertiary/aromatic N) is 5. The first kappa shape index (κ1) is 30.7. The monoisotopic (exact) mass is 621 g/mol. The van der Waals surface area contributed by atoms with Crippen molar-refractivity contribution < 1.29 is 27.4 Å². The van der Waals surface area contributed by atoms with E-state index in [0.717, 1.165) is 27.9 Å². The van der Waals surface area contributed by atoms with Crippen molar-refractivity contribution in [1.82, 2.24) is 19.3 Å². The molecule has 5 aromatic rings. The second-order valence-electron chi connectivity index (χ2n) is 10.5. The number of ether oxygens (including phenoxy) is 2. The molecule has 0 saturated carbocycles. The van der Waals surface area contributed by atoms with Gasteiger partial charge < -0.3 is 9.47 Å². The molecule has 0 bridgehead atoms. The molecule has 0 fully saturated rings. The Morgan fingerprint density at radius 1 is 1.02 bits per heavy atom. The van der Waals surface area contributed by atoms with Crippen LogP contribution in [-0.2, 0) is 11.2 Å². The molecule has 5 rings (SSSR count). The van der Waals surface area contributed by atoms with Gasteiger partial charge in [0.25, 0.3) is 0 Å². The Balaban J connectivity index is 1.22. The van der Waals surface area contributed by atoms with E-state index in [1.165, 1.54) is 46.6 Å². The topological polar surface area (TPSA) is 83.5 Å². The Labute approximate surface area is 256 Å². The van der Waals surface area contributed by atoms with Crippen molar-refractivity contribution in [3.05, 3.63) is 106 Å². The summed E-state index contributed by atoms with van der Waals surface area (Å²) in [7, 11) is 0. The van der Waals surface area contributed by atoms with Crippen LogP contribution in [0, 0.1) is 6.92 Å².